The fourth-order valence-corrected chi connectivity index (χ4v) is 1.94. The Morgan fingerprint density at radius 3 is 2.50 bits per heavy atom. The molecule has 1 saturated carbocycles. The highest BCUT2D eigenvalue weighted by atomic mass is 16.4. The topological polar surface area (TPSA) is 60.8 Å². The highest BCUT2D eigenvalue weighted by Gasteiger charge is 2.51. The minimum atomic E-state index is -0.912. The van der Waals surface area contributed by atoms with Crippen LogP contribution in [0.2, 0.25) is 0 Å². The lowest BCUT2D eigenvalue weighted by Crippen LogP contribution is -2.47. The van der Waals surface area contributed by atoms with Crippen LogP contribution in [-0.2, 0) is 0 Å². The first-order valence-electron chi connectivity index (χ1n) is 4.30. The van der Waals surface area contributed by atoms with Crippen LogP contribution in [0.15, 0.2) is 0 Å². The van der Waals surface area contributed by atoms with Crippen molar-refractivity contribution in [3.8, 4) is 0 Å². The maximum atomic E-state index is 10.5. The van der Waals surface area contributed by atoms with Crippen molar-refractivity contribution in [1.29, 1.82) is 0 Å². The molecule has 0 radical (unpaired) electrons. The van der Waals surface area contributed by atoms with Crippen LogP contribution in [-0.4, -0.2) is 40.4 Å². The number of rotatable bonds is 0. The van der Waals surface area contributed by atoms with Crippen LogP contribution in [0.1, 0.15) is 19.3 Å². The van der Waals surface area contributed by atoms with Crippen LogP contribution in [0.4, 0.5) is 4.79 Å². The zero-order chi connectivity index (χ0) is 8.77. The number of β-amino-alcohol motifs (C(OH)–C–C–N with tert-alkyl or cyclic N) is 1. The molecule has 2 aliphatic rings. The Kier molecular flexibility index (Phi) is 1.54. The number of nitrogens with zero attached hydrogens (tertiary/aromatic N) is 1. The summed E-state index contributed by atoms with van der Waals surface area (Å²) in [6, 6.07) is 0. The molecule has 2 N–H and O–H groups in total. The Bertz CT molecular complexity index is 212. The third-order valence-electron chi connectivity index (χ3n) is 3.14. The van der Waals surface area contributed by atoms with Crippen molar-refractivity contribution in [2.45, 2.75) is 25.4 Å². The molecule has 0 aromatic carbocycles. The first-order chi connectivity index (χ1) is 5.64. The lowest BCUT2D eigenvalue weighted by molar-refractivity contribution is 0.0128. The maximum Gasteiger partial charge on any atom is 0.407 e. The molecule has 2 fully saturated rings. The van der Waals surface area contributed by atoms with Crippen LogP contribution >= 0.6 is 0 Å². The molecule has 1 spiro atoms. The highest BCUT2D eigenvalue weighted by molar-refractivity contribution is 5.65. The summed E-state index contributed by atoms with van der Waals surface area (Å²) in [5, 5.41) is 18.3. The van der Waals surface area contributed by atoms with Gasteiger partial charge in [-0.15, -0.1) is 0 Å². The second-order valence-corrected chi connectivity index (χ2v) is 3.86. The summed E-state index contributed by atoms with van der Waals surface area (Å²) in [6.07, 6.45) is 1.64. The fraction of sp³-hybridized carbons (Fsp3) is 0.875. The van der Waals surface area contributed by atoms with Gasteiger partial charge in [0.25, 0.3) is 0 Å². The van der Waals surface area contributed by atoms with Crippen molar-refractivity contribution in [1.82, 2.24) is 4.90 Å². The number of carbonyl (C=O) groups is 1. The Labute approximate surface area is 70.8 Å². The molecule has 0 bridgehead atoms. The minimum absolute atomic E-state index is 0.103. The largest absolute Gasteiger partial charge is 0.465 e. The number of piperidine rings is 1. The molecule has 0 aromatic heterocycles. The smallest absolute Gasteiger partial charge is 0.407 e. The molecular formula is C8H13NO3. The summed E-state index contributed by atoms with van der Waals surface area (Å²) in [5.74, 6) is 0. The molecule has 1 atom stereocenters. The molecule has 1 heterocycles. The molecule has 12 heavy (non-hydrogen) atoms. The Morgan fingerprint density at radius 1 is 1.42 bits per heavy atom. The average molecular weight is 171 g/mol. The average Bonchev–Trinajstić information content (AvgIpc) is 2.76. The Balaban J connectivity index is 1.99. The van der Waals surface area contributed by atoms with Crippen LogP contribution in [0.25, 0.3) is 0 Å². The highest BCUT2D eigenvalue weighted by Crippen LogP contribution is 2.53. The zero-order valence-corrected chi connectivity index (χ0v) is 6.86. The summed E-state index contributed by atoms with van der Waals surface area (Å²) >= 11 is 0. The van der Waals surface area contributed by atoms with Crippen molar-refractivity contribution in [2.24, 2.45) is 5.41 Å². The van der Waals surface area contributed by atoms with Crippen molar-refractivity contribution in [3.05, 3.63) is 0 Å². The van der Waals surface area contributed by atoms with Gasteiger partial charge >= 0.3 is 6.09 Å². The van der Waals surface area contributed by atoms with Crippen molar-refractivity contribution in [2.75, 3.05) is 13.1 Å². The van der Waals surface area contributed by atoms with E-state index >= 15 is 0 Å². The monoisotopic (exact) mass is 171 g/mol. The molecule has 1 saturated heterocycles. The number of hydrogen-bond donors (Lipinski definition) is 2. The van der Waals surface area contributed by atoms with Crippen molar-refractivity contribution in [3.63, 3.8) is 0 Å². The molecule has 1 amide bonds. The second-order valence-electron chi connectivity index (χ2n) is 3.86. The molecule has 0 aromatic rings. The Hall–Kier alpha value is -0.770. The van der Waals surface area contributed by atoms with E-state index in [1.54, 1.807) is 0 Å². The lowest BCUT2D eigenvalue weighted by atomic mass is 9.91. The normalized spacial score (nSPS) is 32.1. The molecule has 2 rings (SSSR count). The quantitative estimate of drug-likeness (QED) is 0.558. The third kappa shape index (κ3) is 1.06. The standard InChI is InChI=1S/C8H13NO3/c10-6-5-9(7(11)12)4-3-8(6)1-2-8/h6,10H,1-5H2,(H,11,12). The van der Waals surface area contributed by atoms with Gasteiger partial charge in [-0.25, -0.2) is 4.79 Å². The molecule has 1 unspecified atom stereocenters. The first kappa shape index (κ1) is 7.86. The molecule has 68 valence electrons. The number of aliphatic hydroxyl groups is 1. The van der Waals surface area contributed by atoms with Crippen LogP contribution in [0, 0.1) is 5.41 Å². The third-order valence-corrected chi connectivity index (χ3v) is 3.14. The summed E-state index contributed by atoms with van der Waals surface area (Å²) in [6.45, 7) is 0.891. The number of aliphatic hydroxyl groups excluding tert-OH is 1. The van der Waals surface area contributed by atoms with Crippen LogP contribution in [0.3, 0.4) is 0 Å². The van der Waals surface area contributed by atoms with Gasteiger partial charge in [0.15, 0.2) is 0 Å². The van der Waals surface area contributed by atoms with E-state index in [1.165, 1.54) is 4.90 Å². The van der Waals surface area contributed by atoms with Gasteiger partial charge < -0.3 is 15.1 Å². The molecule has 4 heteroatoms. The molecule has 1 aliphatic carbocycles. The van der Waals surface area contributed by atoms with E-state index in [4.69, 9.17) is 5.11 Å². The number of likely N-dealkylation sites (tertiary alicyclic amines) is 1. The summed E-state index contributed by atoms with van der Waals surface area (Å²) in [5.41, 5.74) is 0.103. The van der Waals surface area contributed by atoms with Gasteiger partial charge in [0.05, 0.1) is 12.6 Å². The second kappa shape index (κ2) is 2.36. The van der Waals surface area contributed by atoms with Crippen LogP contribution in [0.5, 0.6) is 0 Å². The summed E-state index contributed by atoms with van der Waals surface area (Å²) in [4.78, 5) is 11.8. The van der Waals surface area contributed by atoms with Gasteiger partial charge in [-0.1, -0.05) is 0 Å². The summed E-state index contributed by atoms with van der Waals surface area (Å²) in [7, 11) is 0. The van der Waals surface area contributed by atoms with E-state index in [0.29, 0.717) is 13.1 Å². The van der Waals surface area contributed by atoms with Gasteiger partial charge in [-0.3, -0.25) is 0 Å². The van der Waals surface area contributed by atoms with Crippen molar-refractivity contribution >= 4 is 6.09 Å². The van der Waals surface area contributed by atoms with E-state index < -0.39 is 12.2 Å². The molecular weight excluding hydrogens is 158 g/mol. The predicted molar refractivity (Wildman–Crippen MR) is 41.9 cm³/mol. The fourth-order valence-electron chi connectivity index (χ4n) is 1.94. The molecule has 4 nitrogen and oxygen atoms in total. The number of carboxylic acid groups (broad SMARTS) is 1. The maximum absolute atomic E-state index is 10.5. The zero-order valence-electron chi connectivity index (χ0n) is 6.86. The SMILES string of the molecule is O=C(O)N1CCC2(CC2)C(O)C1. The van der Waals surface area contributed by atoms with Crippen molar-refractivity contribution < 1.29 is 15.0 Å². The van der Waals surface area contributed by atoms with Gasteiger partial charge in [-0.05, 0) is 24.7 Å². The minimum Gasteiger partial charge on any atom is -0.465 e. The van der Waals surface area contributed by atoms with Crippen LogP contribution < -0.4 is 0 Å². The number of amides is 1. The summed E-state index contributed by atoms with van der Waals surface area (Å²) < 4.78 is 0. The van der Waals surface area contributed by atoms with Gasteiger partial charge in [0.2, 0.25) is 0 Å². The van der Waals surface area contributed by atoms with Gasteiger partial charge in [-0.2, -0.15) is 0 Å². The van der Waals surface area contributed by atoms with E-state index in [1.807, 2.05) is 0 Å². The van der Waals surface area contributed by atoms with Gasteiger partial charge in [0.1, 0.15) is 0 Å². The Morgan fingerprint density at radius 2 is 2.08 bits per heavy atom. The van der Waals surface area contributed by atoms with Gasteiger partial charge in [0, 0.05) is 6.54 Å². The first-order valence-corrected chi connectivity index (χ1v) is 4.30. The van der Waals surface area contributed by atoms with E-state index in [9.17, 15) is 9.90 Å². The lowest BCUT2D eigenvalue weighted by Gasteiger charge is -2.34. The molecule has 1 aliphatic heterocycles. The van der Waals surface area contributed by atoms with E-state index in [2.05, 4.69) is 0 Å². The van der Waals surface area contributed by atoms with E-state index in [0.717, 1.165) is 19.3 Å². The number of hydrogen-bond acceptors (Lipinski definition) is 2. The predicted octanol–water partition coefficient (Wildman–Crippen LogP) is 0.511. The van der Waals surface area contributed by atoms with E-state index in [-0.39, 0.29) is 5.41 Å².